The van der Waals surface area contributed by atoms with E-state index >= 15 is 0 Å². The summed E-state index contributed by atoms with van der Waals surface area (Å²) >= 11 is -10.5. The quantitative estimate of drug-likeness (QED) is 0.144. The summed E-state index contributed by atoms with van der Waals surface area (Å²) < 4.78 is 80.8. The fourth-order valence-electron chi connectivity index (χ4n) is 0. The van der Waals surface area contributed by atoms with Crippen LogP contribution in [-0.2, 0) is 110 Å². The van der Waals surface area contributed by atoms with Gasteiger partial charge in [0.2, 0.25) is 0 Å². The van der Waals surface area contributed by atoms with E-state index in [-0.39, 0.29) is 58.4 Å². The first kappa shape index (κ1) is 44.6. The molecule has 0 aliphatic carbocycles. The molecule has 0 saturated heterocycles. The van der Waals surface area contributed by atoms with Crippen LogP contribution in [0.25, 0.3) is 0 Å². The Morgan fingerprint density at radius 2 is 0.522 bits per heavy atom. The van der Waals surface area contributed by atoms with Gasteiger partial charge in [-0.2, -0.15) is 15.6 Å². The summed E-state index contributed by atoms with van der Waals surface area (Å²) in [5, 5.41) is 0. The van der Waals surface area contributed by atoms with E-state index in [1.54, 1.807) is 0 Å². The molecule has 0 radical (unpaired) electrons. The van der Waals surface area contributed by atoms with Crippen molar-refractivity contribution < 1.29 is 156 Å². The molecule has 23 heteroatoms. The summed E-state index contributed by atoms with van der Waals surface area (Å²) in [4.78, 5) is 51.3. The summed E-state index contributed by atoms with van der Waals surface area (Å²) in [7, 11) is -10.8. The van der Waals surface area contributed by atoms with Crippen molar-refractivity contribution in [2.24, 2.45) is 0 Å². The molecule has 4 N–H and O–H groups in total. The first-order chi connectivity index (χ1) is 8.00. The Balaban J connectivity index is -0.0000000284. The minimum atomic E-state index is -5.39. The van der Waals surface area contributed by atoms with Gasteiger partial charge >= 0.3 is 118 Å². The van der Waals surface area contributed by atoms with E-state index in [4.69, 9.17) is 70.3 Å². The molecule has 0 atom stereocenters. The summed E-state index contributed by atoms with van der Waals surface area (Å²) in [5.74, 6) is 0. The smallest absolute Gasteiger partial charge is 2.00 e. The predicted octanol–water partition coefficient (Wildman–Crippen LogP) is -8.36. The molecule has 0 unspecified atom stereocenters. The van der Waals surface area contributed by atoms with Crippen LogP contribution in [0, 0.1) is 0 Å². The molecule has 0 aromatic carbocycles. The average Bonchev–Trinajstić information content (AvgIpc) is 1.62. The maximum Gasteiger partial charge on any atom is 2.00 e. The van der Waals surface area contributed by atoms with Crippen molar-refractivity contribution in [3.8, 4) is 0 Å². The Kier molecular flexibility index (Phi) is 36.7. The second-order valence-corrected chi connectivity index (χ2v) is 6.38. The van der Waals surface area contributed by atoms with Crippen molar-refractivity contribution in [3.63, 3.8) is 0 Å². The first-order valence-corrected chi connectivity index (χ1v) is 10.1. The fraction of sp³-hybridized carbons (Fsp3) is 0. The molecule has 0 rings (SSSR count). The van der Waals surface area contributed by atoms with E-state index in [9.17, 15) is 0 Å². The van der Waals surface area contributed by atoms with Crippen LogP contribution >= 0.6 is 15.6 Å². The summed E-state index contributed by atoms with van der Waals surface area (Å²) in [6.45, 7) is 0. The molecule has 23 heavy (non-hydrogen) atoms. The van der Waals surface area contributed by atoms with Crippen molar-refractivity contribution in [2.45, 2.75) is 0 Å². The molecule has 0 heterocycles. The van der Waals surface area contributed by atoms with Gasteiger partial charge in [-0.05, 0) is 0 Å². The van der Waals surface area contributed by atoms with Crippen molar-refractivity contribution in [3.05, 3.63) is 0 Å². The average molecular weight is 622 g/mol. The molecule has 0 aliphatic rings. The fourth-order valence-corrected chi connectivity index (χ4v) is 0. The number of hydrogen-bond donors (Lipinski definition) is 4. The number of phosphoric acid groups is 2. The molecule has 0 bridgehead atoms. The van der Waals surface area contributed by atoms with Gasteiger partial charge in [0.05, 0.1) is 0 Å². The Morgan fingerprint density at radius 1 is 0.522 bits per heavy atom. The van der Waals surface area contributed by atoms with Crippen LogP contribution in [0.4, 0.5) is 0 Å². The molecular formula is H4Cr2O16P2Zn3. The standard InChI is InChI=1S/2Cr.2H3O4P.4H2O.4O.3Zn/c;;2*1-5(2,3)4;;;;;;;;;;;/h;;2*(H3,1,2,3,4);4*1H2;;;;;;;/q2*+2;;;;;;;;;;;3*+2/p-10. The van der Waals surface area contributed by atoms with Gasteiger partial charge in [0.15, 0.2) is 0 Å². The zero-order valence-electron chi connectivity index (χ0n) is 10.5. The monoisotopic (exact) mass is 618 g/mol. The Hall–Kier alpha value is 2.20. The van der Waals surface area contributed by atoms with Crippen LogP contribution in [0.2, 0.25) is 0 Å². The van der Waals surface area contributed by atoms with Crippen LogP contribution in [0.1, 0.15) is 0 Å². The summed E-state index contributed by atoms with van der Waals surface area (Å²) in [6, 6.07) is 0. The molecule has 0 aromatic heterocycles. The molecule has 0 aromatic rings. The Labute approximate surface area is 170 Å². The van der Waals surface area contributed by atoms with Gasteiger partial charge in [-0.25, -0.2) is 0 Å². The molecule has 0 amide bonds. The molecule has 128 valence electrons. The Morgan fingerprint density at radius 3 is 0.522 bits per heavy atom. The molecule has 0 spiro atoms. The van der Waals surface area contributed by atoms with E-state index in [1.807, 2.05) is 0 Å². The van der Waals surface area contributed by atoms with Crippen LogP contribution in [0.5, 0.6) is 0 Å². The first-order valence-electron chi connectivity index (χ1n) is 2.86. The normalized spacial score (nSPS) is 10.2. The predicted molar refractivity (Wildman–Crippen MR) is 26.8 cm³/mol. The van der Waals surface area contributed by atoms with Crippen LogP contribution in [0.3, 0.4) is 0 Å². The maximum absolute atomic E-state index is 8.82. The minimum Gasteiger partial charge on any atom is 2.00 e. The van der Waals surface area contributed by atoms with E-state index < -0.39 is 42.9 Å². The molecular weight excluding hydrogens is 618 g/mol. The van der Waals surface area contributed by atoms with E-state index in [0.29, 0.717) is 0 Å². The van der Waals surface area contributed by atoms with Crippen molar-refractivity contribution in [1.29, 1.82) is 0 Å². The van der Waals surface area contributed by atoms with E-state index in [2.05, 4.69) is 0 Å². The second-order valence-electron chi connectivity index (χ2n) is 1.79. The Bertz CT molecular complexity index is 437. The third-order valence-electron chi connectivity index (χ3n) is 0. The number of hydrogen-bond acceptors (Lipinski definition) is 12. The third-order valence-corrected chi connectivity index (χ3v) is 0. The van der Waals surface area contributed by atoms with Gasteiger partial charge in [-0.15, -0.1) is 0 Å². The second kappa shape index (κ2) is 19.0. The molecule has 0 aliphatic heterocycles. The minimum absolute atomic E-state index is 0. The van der Waals surface area contributed by atoms with Gasteiger partial charge in [0.25, 0.3) is 0 Å². The molecule has 0 saturated carbocycles. The topological polar surface area (TPSA) is 322 Å². The zero-order chi connectivity index (χ0) is 18.0. The van der Waals surface area contributed by atoms with Gasteiger partial charge in [-0.1, -0.05) is 0 Å². The summed E-state index contributed by atoms with van der Waals surface area (Å²) in [5.41, 5.74) is 0. The van der Waals surface area contributed by atoms with Gasteiger partial charge in [-0.3, -0.25) is 0 Å². The third kappa shape index (κ3) is 2470. The van der Waals surface area contributed by atoms with Crippen molar-refractivity contribution in [2.75, 3.05) is 0 Å². The molecule has 0 fully saturated rings. The van der Waals surface area contributed by atoms with E-state index in [0.717, 1.165) is 0 Å². The van der Waals surface area contributed by atoms with E-state index in [1.165, 1.54) is 0 Å². The SMILES string of the molecule is O=P([O-])([O-])[O-].O=P([O-])([O-])[O-].[O]=[Cr](=[O])([OH])[OH].[O]=[Cr](=[O])([OH])[OH].[Zn+2].[Zn+2].[Zn+2]. The largest absolute Gasteiger partial charge is 2.00 e. The van der Waals surface area contributed by atoms with Gasteiger partial charge < -0.3 is 38.5 Å². The van der Waals surface area contributed by atoms with Gasteiger partial charge in [0, 0.05) is 0 Å². The zero-order valence-corrected chi connectivity index (χ0v) is 23.8. The van der Waals surface area contributed by atoms with Crippen molar-refractivity contribution >= 4 is 15.6 Å². The van der Waals surface area contributed by atoms with Crippen molar-refractivity contribution in [1.82, 2.24) is 0 Å². The van der Waals surface area contributed by atoms with Gasteiger partial charge in [0.1, 0.15) is 0 Å². The van der Waals surface area contributed by atoms with Crippen LogP contribution in [0.15, 0.2) is 0 Å². The molecule has 16 nitrogen and oxygen atoms in total. The number of rotatable bonds is 0. The van der Waals surface area contributed by atoms with Crippen LogP contribution < -0.4 is 29.4 Å². The maximum atomic E-state index is 8.82. The summed E-state index contributed by atoms with van der Waals surface area (Å²) in [6.07, 6.45) is 0. The van der Waals surface area contributed by atoms with Crippen LogP contribution in [-0.4, -0.2) is 16.6 Å².